The maximum atomic E-state index is 12.0. The largest absolute Gasteiger partial charge is 0.480 e. The van der Waals surface area contributed by atoms with Gasteiger partial charge in [-0.25, -0.2) is 8.42 Å². The van der Waals surface area contributed by atoms with Crippen molar-refractivity contribution in [3.63, 3.8) is 0 Å². The summed E-state index contributed by atoms with van der Waals surface area (Å²) in [6.07, 6.45) is 0.193. The molecule has 0 aromatic carbocycles. The number of hydrogen-bond donors (Lipinski definition) is 2. The Morgan fingerprint density at radius 2 is 2.24 bits per heavy atom. The van der Waals surface area contributed by atoms with E-state index in [1.807, 2.05) is 0 Å². The highest BCUT2D eigenvalue weighted by Gasteiger charge is 2.26. The zero-order valence-corrected chi connectivity index (χ0v) is 12.4. The van der Waals surface area contributed by atoms with Crippen molar-refractivity contribution in [3.8, 4) is 0 Å². The number of aryl methyl sites for hydroxylation is 1. The predicted molar refractivity (Wildman–Crippen MR) is 68.8 cm³/mol. The highest BCUT2D eigenvalue weighted by Crippen LogP contribution is 2.29. The number of thiophene rings is 1. The average Bonchev–Trinajstić information content (AvgIpc) is 2.54. The molecule has 0 aliphatic heterocycles. The molecule has 2 N–H and O–H groups in total. The van der Waals surface area contributed by atoms with Crippen molar-refractivity contribution >= 4 is 43.3 Å². The van der Waals surface area contributed by atoms with E-state index in [1.54, 1.807) is 13.8 Å². The first-order valence-corrected chi connectivity index (χ1v) is 7.88. The van der Waals surface area contributed by atoms with Gasteiger partial charge in [-0.3, -0.25) is 4.79 Å². The van der Waals surface area contributed by atoms with Crippen LogP contribution < -0.4 is 4.72 Å². The second kappa shape index (κ2) is 5.47. The molecule has 0 radical (unpaired) electrons. The monoisotopic (exact) mass is 341 g/mol. The Kier molecular flexibility index (Phi) is 4.70. The lowest BCUT2D eigenvalue weighted by molar-refractivity contribution is -0.139. The molecule has 0 amide bonds. The van der Waals surface area contributed by atoms with Crippen LogP contribution in [-0.2, 0) is 14.8 Å². The van der Waals surface area contributed by atoms with Crippen LogP contribution in [0.5, 0.6) is 0 Å². The summed E-state index contributed by atoms with van der Waals surface area (Å²) in [7, 11) is -3.78. The number of sulfonamides is 1. The average molecular weight is 342 g/mol. The second-order valence-corrected chi connectivity index (χ2v) is 7.71. The molecule has 1 rings (SSSR count). The molecule has 0 saturated carbocycles. The molecule has 0 fully saturated rings. The Morgan fingerprint density at radius 1 is 1.65 bits per heavy atom. The first-order chi connectivity index (χ1) is 7.77. The number of halogens is 1. The van der Waals surface area contributed by atoms with Gasteiger partial charge in [-0.15, -0.1) is 11.3 Å². The van der Waals surface area contributed by atoms with Crippen molar-refractivity contribution in [2.75, 3.05) is 0 Å². The Bertz CT molecular complexity index is 523. The van der Waals surface area contributed by atoms with E-state index in [2.05, 4.69) is 20.7 Å². The number of carboxylic acids is 1. The predicted octanol–water partition coefficient (Wildman–Crippen LogP) is 1.96. The number of hydrogen-bond acceptors (Lipinski definition) is 4. The Labute approximate surface area is 112 Å². The molecule has 1 atom stereocenters. The van der Waals surface area contributed by atoms with Gasteiger partial charge in [-0.2, -0.15) is 4.72 Å². The van der Waals surface area contributed by atoms with Gasteiger partial charge in [0.2, 0.25) is 10.0 Å². The van der Waals surface area contributed by atoms with Gasteiger partial charge in [0.15, 0.2) is 0 Å². The van der Waals surface area contributed by atoms with Crippen LogP contribution >= 0.6 is 27.3 Å². The van der Waals surface area contributed by atoms with E-state index in [1.165, 1.54) is 17.4 Å². The van der Waals surface area contributed by atoms with Gasteiger partial charge in [0, 0.05) is 4.88 Å². The van der Waals surface area contributed by atoms with Gasteiger partial charge in [0.05, 0.1) is 8.68 Å². The summed E-state index contributed by atoms with van der Waals surface area (Å²) in [4.78, 5) is 11.5. The summed E-state index contributed by atoms with van der Waals surface area (Å²) in [6.45, 7) is 3.28. The zero-order chi connectivity index (χ0) is 13.2. The minimum Gasteiger partial charge on any atom is -0.480 e. The molecule has 0 spiro atoms. The van der Waals surface area contributed by atoms with Crippen LogP contribution in [0.1, 0.15) is 18.2 Å². The van der Waals surface area contributed by atoms with Crippen LogP contribution in [0, 0.1) is 6.92 Å². The normalized spacial score (nSPS) is 13.6. The number of carbonyl (C=O) groups is 1. The van der Waals surface area contributed by atoms with Gasteiger partial charge < -0.3 is 5.11 Å². The van der Waals surface area contributed by atoms with Gasteiger partial charge in [-0.05, 0) is 35.3 Å². The fraction of sp³-hybridized carbons (Fsp3) is 0.444. The minimum absolute atomic E-state index is 0.120. The van der Waals surface area contributed by atoms with Crippen molar-refractivity contribution in [2.24, 2.45) is 0 Å². The van der Waals surface area contributed by atoms with Gasteiger partial charge in [0.1, 0.15) is 6.04 Å². The Hall–Kier alpha value is -0.440. The molecule has 8 heteroatoms. The maximum Gasteiger partial charge on any atom is 0.321 e. The lowest BCUT2D eigenvalue weighted by Crippen LogP contribution is -2.40. The maximum absolute atomic E-state index is 12.0. The van der Waals surface area contributed by atoms with E-state index in [9.17, 15) is 13.2 Å². The number of carboxylic acid groups (broad SMARTS) is 1. The Morgan fingerprint density at radius 3 is 2.59 bits per heavy atom. The van der Waals surface area contributed by atoms with Crippen LogP contribution in [0.2, 0.25) is 0 Å². The minimum atomic E-state index is -3.78. The van der Waals surface area contributed by atoms with Crippen LogP contribution in [0.4, 0.5) is 0 Å². The van der Waals surface area contributed by atoms with Gasteiger partial charge >= 0.3 is 5.97 Å². The third kappa shape index (κ3) is 3.51. The van der Waals surface area contributed by atoms with Crippen molar-refractivity contribution < 1.29 is 18.3 Å². The SMILES string of the molecule is CC[C@@H](NS(=O)(=O)c1cc(Br)sc1C)C(=O)O. The van der Waals surface area contributed by atoms with Crippen LogP contribution in [-0.4, -0.2) is 25.5 Å². The molecule has 0 aliphatic carbocycles. The molecule has 1 aromatic heterocycles. The summed E-state index contributed by atoms with van der Waals surface area (Å²) in [5.74, 6) is -1.18. The molecule has 0 bridgehead atoms. The molecule has 96 valence electrons. The molecule has 0 saturated heterocycles. The summed E-state index contributed by atoms with van der Waals surface area (Å²) in [5, 5.41) is 8.82. The fourth-order valence-corrected chi connectivity index (χ4v) is 4.94. The second-order valence-electron chi connectivity index (χ2n) is 3.39. The van der Waals surface area contributed by atoms with E-state index in [0.29, 0.717) is 8.66 Å². The number of aliphatic carboxylic acids is 1. The first-order valence-electron chi connectivity index (χ1n) is 4.79. The summed E-state index contributed by atoms with van der Waals surface area (Å²) >= 11 is 4.49. The molecular weight excluding hydrogens is 330 g/mol. The van der Waals surface area contributed by atoms with Crippen molar-refractivity contribution in [2.45, 2.75) is 31.2 Å². The van der Waals surface area contributed by atoms with Crippen LogP contribution in [0.25, 0.3) is 0 Å². The highest BCUT2D eigenvalue weighted by atomic mass is 79.9. The topological polar surface area (TPSA) is 83.5 Å². The van der Waals surface area contributed by atoms with E-state index in [4.69, 9.17) is 5.11 Å². The smallest absolute Gasteiger partial charge is 0.321 e. The quantitative estimate of drug-likeness (QED) is 0.857. The van der Waals surface area contributed by atoms with E-state index < -0.39 is 22.0 Å². The molecular formula is C9H12BrNO4S2. The third-order valence-corrected chi connectivity index (χ3v) is 5.42. The zero-order valence-electron chi connectivity index (χ0n) is 9.23. The van der Waals surface area contributed by atoms with E-state index in [-0.39, 0.29) is 11.3 Å². The molecule has 17 heavy (non-hydrogen) atoms. The molecule has 0 unspecified atom stereocenters. The Balaban J connectivity index is 3.04. The summed E-state index contributed by atoms with van der Waals surface area (Å²) in [5.41, 5.74) is 0. The summed E-state index contributed by atoms with van der Waals surface area (Å²) < 4.78 is 26.8. The van der Waals surface area contributed by atoms with Crippen LogP contribution in [0.3, 0.4) is 0 Å². The molecule has 0 aliphatic rings. The molecule has 1 heterocycles. The first kappa shape index (κ1) is 14.6. The standard InChI is InChI=1S/C9H12BrNO4S2/c1-3-6(9(12)13)11-17(14,15)7-4-8(10)16-5(7)2/h4,6,11H,3H2,1-2H3,(H,12,13)/t6-/m1/s1. The number of rotatable bonds is 5. The highest BCUT2D eigenvalue weighted by molar-refractivity contribution is 9.11. The van der Waals surface area contributed by atoms with Crippen molar-refractivity contribution in [3.05, 3.63) is 14.7 Å². The van der Waals surface area contributed by atoms with Crippen LogP contribution in [0.15, 0.2) is 14.7 Å². The fourth-order valence-electron chi connectivity index (χ4n) is 1.26. The van der Waals surface area contributed by atoms with Gasteiger partial charge in [-0.1, -0.05) is 6.92 Å². The van der Waals surface area contributed by atoms with Gasteiger partial charge in [0.25, 0.3) is 0 Å². The summed E-state index contributed by atoms with van der Waals surface area (Å²) in [6, 6.07) is 0.370. The lowest BCUT2D eigenvalue weighted by atomic mass is 10.2. The molecule has 1 aromatic rings. The van der Waals surface area contributed by atoms with Crippen molar-refractivity contribution in [1.82, 2.24) is 4.72 Å². The van der Waals surface area contributed by atoms with Crippen molar-refractivity contribution in [1.29, 1.82) is 0 Å². The number of nitrogens with one attached hydrogen (secondary N) is 1. The lowest BCUT2D eigenvalue weighted by Gasteiger charge is -2.12. The van der Waals surface area contributed by atoms with E-state index >= 15 is 0 Å². The molecule has 5 nitrogen and oxygen atoms in total. The third-order valence-electron chi connectivity index (χ3n) is 2.14. The van der Waals surface area contributed by atoms with E-state index in [0.717, 1.165) is 0 Å².